The first-order chi connectivity index (χ1) is 12.3. The van der Waals surface area contributed by atoms with Gasteiger partial charge in [0.15, 0.2) is 11.5 Å². The number of ether oxygens (including phenoxy) is 2. The van der Waals surface area contributed by atoms with E-state index in [0.29, 0.717) is 56.5 Å². The van der Waals surface area contributed by atoms with E-state index >= 15 is 0 Å². The van der Waals surface area contributed by atoms with Crippen LogP contribution in [0.5, 0.6) is 11.5 Å². The number of piperazine rings is 1. The fraction of sp³-hybridized carbons (Fsp3) is 0.579. The molecule has 0 unspecified atom stereocenters. The number of carbonyl (C=O) groups excluding carboxylic acids is 2. The molecule has 26 heavy (non-hydrogen) atoms. The summed E-state index contributed by atoms with van der Waals surface area (Å²) in [6, 6.07) is 5.23. The lowest BCUT2D eigenvalue weighted by Crippen LogP contribution is -2.56. The molecule has 1 fully saturated rings. The second-order valence-electron chi connectivity index (χ2n) is 7.67. The van der Waals surface area contributed by atoms with Gasteiger partial charge in [0.1, 0.15) is 0 Å². The van der Waals surface area contributed by atoms with Crippen LogP contribution in [0.1, 0.15) is 37.6 Å². The normalized spacial score (nSPS) is 17.5. The molecule has 2 aliphatic heterocycles. The van der Waals surface area contributed by atoms with Crippen LogP contribution in [0.2, 0.25) is 0 Å². The lowest BCUT2D eigenvalue weighted by Gasteiger charge is -2.36. The molecule has 0 radical (unpaired) electrons. The number of rotatable bonds is 1. The van der Waals surface area contributed by atoms with Gasteiger partial charge in [-0.15, -0.1) is 0 Å². The predicted octanol–water partition coefficient (Wildman–Crippen LogP) is 2.11. The van der Waals surface area contributed by atoms with E-state index in [4.69, 9.17) is 9.47 Å². The molecule has 0 saturated carbocycles. The highest BCUT2D eigenvalue weighted by Crippen LogP contribution is 2.30. The molecule has 1 aromatic carbocycles. The highest BCUT2D eigenvalue weighted by molar-refractivity contribution is 5.95. The topological polar surface area (TPSA) is 71.1 Å². The molecule has 2 aliphatic rings. The highest BCUT2D eigenvalue weighted by Gasteiger charge is 2.27. The molecule has 0 spiro atoms. The molecule has 142 valence electrons. The Morgan fingerprint density at radius 1 is 0.962 bits per heavy atom. The third kappa shape index (κ3) is 4.39. The Bertz CT molecular complexity index is 676. The van der Waals surface area contributed by atoms with Crippen molar-refractivity contribution in [1.82, 2.24) is 15.1 Å². The molecule has 0 aliphatic carbocycles. The van der Waals surface area contributed by atoms with Gasteiger partial charge >= 0.3 is 6.03 Å². The van der Waals surface area contributed by atoms with E-state index in [1.165, 1.54) is 0 Å². The van der Waals surface area contributed by atoms with E-state index in [2.05, 4.69) is 5.32 Å². The van der Waals surface area contributed by atoms with Crippen LogP contribution in [-0.4, -0.2) is 66.7 Å². The molecule has 7 heteroatoms. The number of carbonyl (C=O) groups is 2. The van der Waals surface area contributed by atoms with Crippen molar-refractivity contribution in [2.45, 2.75) is 32.7 Å². The lowest BCUT2D eigenvalue weighted by molar-refractivity contribution is 0.0661. The first kappa shape index (κ1) is 18.4. The maximum atomic E-state index is 12.8. The SMILES string of the molecule is CC(C)(C)NC(=O)N1CCN(C(=O)c2ccc3c(c2)OCCCO3)CC1. The molecule has 0 aromatic heterocycles. The van der Waals surface area contributed by atoms with Crippen molar-refractivity contribution in [1.29, 1.82) is 0 Å². The van der Waals surface area contributed by atoms with Crippen LogP contribution in [0.15, 0.2) is 18.2 Å². The molecule has 1 aromatic rings. The fourth-order valence-electron chi connectivity index (χ4n) is 2.99. The fourth-order valence-corrected chi connectivity index (χ4v) is 2.99. The molecule has 3 amide bonds. The quantitative estimate of drug-likeness (QED) is 0.832. The summed E-state index contributed by atoms with van der Waals surface area (Å²) in [5.41, 5.74) is 0.315. The van der Waals surface area contributed by atoms with E-state index < -0.39 is 0 Å². The average molecular weight is 361 g/mol. The van der Waals surface area contributed by atoms with Crippen LogP contribution in [0.25, 0.3) is 0 Å². The Kier molecular flexibility index (Phi) is 5.25. The zero-order valence-electron chi connectivity index (χ0n) is 15.7. The summed E-state index contributed by atoms with van der Waals surface area (Å²) in [4.78, 5) is 28.6. The molecule has 0 atom stereocenters. The van der Waals surface area contributed by atoms with Crippen molar-refractivity contribution in [2.24, 2.45) is 0 Å². The number of nitrogens with one attached hydrogen (secondary N) is 1. The predicted molar refractivity (Wildman–Crippen MR) is 97.8 cm³/mol. The maximum Gasteiger partial charge on any atom is 0.317 e. The van der Waals surface area contributed by atoms with Gasteiger partial charge in [-0.25, -0.2) is 4.79 Å². The van der Waals surface area contributed by atoms with Gasteiger partial charge < -0.3 is 24.6 Å². The van der Waals surface area contributed by atoms with Crippen LogP contribution < -0.4 is 14.8 Å². The van der Waals surface area contributed by atoms with Crippen molar-refractivity contribution in [3.63, 3.8) is 0 Å². The highest BCUT2D eigenvalue weighted by atomic mass is 16.5. The van der Waals surface area contributed by atoms with Crippen molar-refractivity contribution >= 4 is 11.9 Å². The molecular formula is C19H27N3O4. The van der Waals surface area contributed by atoms with Gasteiger partial charge in [-0.05, 0) is 39.0 Å². The van der Waals surface area contributed by atoms with Crippen molar-refractivity contribution in [2.75, 3.05) is 39.4 Å². The first-order valence-electron chi connectivity index (χ1n) is 9.09. The molecule has 1 saturated heterocycles. The minimum Gasteiger partial charge on any atom is -0.490 e. The van der Waals surface area contributed by atoms with Crippen LogP contribution in [0, 0.1) is 0 Å². The number of amides is 3. The summed E-state index contributed by atoms with van der Waals surface area (Å²) in [7, 11) is 0. The molecular weight excluding hydrogens is 334 g/mol. The number of fused-ring (bicyclic) bond motifs is 1. The van der Waals surface area contributed by atoms with Gasteiger partial charge in [0, 0.05) is 43.7 Å². The number of urea groups is 1. The third-order valence-corrected chi connectivity index (χ3v) is 4.33. The van der Waals surface area contributed by atoms with E-state index in [0.717, 1.165) is 6.42 Å². The summed E-state index contributed by atoms with van der Waals surface area (Å²) in [5.74, 6) is 1.26. The van der Waals surface area contributed by atoms with Gasteiger partial charge in [0.2, 0.25) is 0 Å². The van der Waals surface area contributed by atoms with Gasteiger partial charge in [-0.2, -0.15) is 0 Å². The van der Waals surface area contributed by atoms with Crippen LogP contribution >= 0.6 is 0 Å². The van der Waals surface area contributed by atoms with E-state index in [9.17, 15) is 9.59 Å². The van der Waals surface area contributed by atoms with Gasteiger partial charge in [-0.1, -0.05) is 0 Å². The smallest absolute Gasteiger partial charge is 0.317 e. The lowest BCUT2D eigenvalue weighted by atomic mass is 10.1. The standard InChI is InChI=1S/C19H27N3O4/c1-19(2,3)20-18(24)22-9-7-21(8-10-22)17(23)14-5-6-15-16(13-14)26-12-4-11-25-15/h5-6,13H,4,7-12H2,1-3H3,(H,20,24). The maximum absolute atomic E-state index is 12.8. The Hall–Kier alpha value is -2.44. The molecule has 3 rings (SSSR count). The Balaban J connectivity index is 1.60. The number of hydrogen-bond donors (Lipinski definition) is 1. The zero-order chi connectivity index (χ0) is 18.7. The molecule has 0 bridgehead atoms. The number of nitrogens with zero attached hydrogens (tertiary/aromatic N) is 2. The minimum absolute atomic E-state index is 0.0449. The summed E-state index contributed by atoms with van der Waals surface area (Å²) >= 11 is 0. The van der Waals surface area contributed by atoms with Gasteiger partial charge in [-0.3, -0.25) is 4.79 Å². The Labute approximate surface area is 154 Å². The second-order valence-corrected chi connectivity index (χ2v) is 7.67. The zero-order valence-corrected chi connectivity index (χ0v) is 15.7. The second kappa shape index (κ2) is 7.43. The van der Waals surface area contributed by atoms with Crippen LogP contribution in [0.3, 0.4) is 0 Å². The average Bonchev–Trinajstić information content (AvgIpc) is 2.84. The first-order valence-corrected chi connectivity index (χ1v) is 9.09. The minimum atomic E-state index is -0.270. The van der Waals surface area contributed by atoms with E-state index in [1.54, 1.807) is 28.0 Å². The van der Waals surface area contributed by atoms with Gasteiger partial charge in [0.25, 0.3) is 5.91 Å². The summed E-state index contributed by atoms with van der Waals surface area (Å²) < 4.78 is 11.3. The summed E-state index contributed by atoms with van der Waals surface area (Å²) in [5, 5.41) is 2.96. The third-order valence-electron chi connectivity index (χ3n) is 4.33. The Morgan fingerprint density at radius 3 is 2.23 bits per heavy atom. The molecule has 1 N–H and O–H groups in total. The van der Waals surface area contributed by atoms with Crippen LogP contribution in [0.4, 0.5) is 4.79 Å². The van der Waals surface area contributed by atoms with E-state index in [-0.39, 0.29) is 17.5 Å². The van der Waals surface area contributed by atoms with Crippen molar-refractivity contribution in [3.05, 3.63) is 23.8 Å². The molecule has 2 heterocycles. The van der Waals surface area contributed by atoms with E-state index in [1.807, 2.05) is 20.8 Å². The van der Waals surface area contributed by atoms with Crippen molar-refractivity contribution in [3.8, 4) is 11.5 Å². The molecule has 7 nitrogen and oxygen atoms in total. The van der Waals surface area contributed by atoms with Crippen LogP contribution in [-0.2, 0) is 0 Å². The monoisotopic (exact) mass is 361 g/mol. The Morgan fingerprint density at radius 2 is 1.58 bits per heavy atom. The summed E-state index contributed by atoms with van der Waals surface area (Å²) in [6.07, 6.45) is 0.830. The largest absolute Gasteiger partial charge is 0.490 e. The number of benzene rings is 1. The van der Waals surface area contributed by atoms with Crippen molar-refractivity contribution < 1.29 is 19.1 Å². The summed E-state index contributed by atoms with van der Waals surface area (Å²) in [6.45, 7) is 9.16. The number of hydrogen-bond acceptors (Lipinski definition) is 4. The van der Waals surface area contributed by atoms with Gasteiger partial charge in [0.05, 0.1) is 13.2 Å².